The molecule has 116 valence electrons. The van der Waals surface area contributed by atoms with E-state index in [9.17, 15) is 9.90 Å². The van der Waals surface area contributed by atoms with Gasteiger partial charge in [-0.2, -0.15) is 16.7 Å². The monoisotopic (exact) mass is 310 g/mol. The van der Waals surface area contributed by atoms with Gasteiger partial charge in [0.05, 0.1) is 11.2 Å². The number of hydrogen-bond donors (Lipinski definition) is 1. The van der Waals surface area contributed by atoms with Gasteiger partial charge in [-0.25, -0.2) is 0 Å². The lowest BCUT2D eigenvalue weighted by atomic mass is 9.83. The number of carboxylic acids is 1. The summed E-state index contributed by atoms with van der Waals surface area (Å²) in [7, 11) is 0. The third kappa shape index (κ3) is 3.42. The molecule has 0 spiro atoms. The Morgan fingerprint density at radius 1 is 1.29 bits per heavy atom. The Balaban J connectivity index is 1.57. The van der Waals surface area contributed by atoms with Crippen LogP contribution in [0.3, 0.4) is 0 Å². The molecule has 21 heavy (non-hydrogen) atoms. The van der Waals surface area contributed by atoms with E-state index in [4.69, 9.17) is 4.52 Å². The first-order valence-corrected chi connectivity index (χ1v) is 8.89. The van der Waals surface area contributed by atoms with Gasteiger partial charge in [-0.3, -0.25) is 4.79 Å². The molecule has 0 aromatic carbocycles. The minimum Gasteiger partial charge on any atom is -0.481 e. The predicted octanol–water partition coefficient (Wildman–Crippen LogP) is 3.43. The highest BCUT2D eigenvalue weighted by molar-refractivity contribution is 7.99. The Bertz CT molecular complexity index is 491. The van der Waals surface area contributed by atoms with Crippen LogP contribution in [0.5, 0.6) is 0 Å². The first-order valence-electron chi connectivity index (χ1n) is 7.84. The fraction of sp³-hybridized carbons (Fsp3) is 0.800. The predicted molar refractivity (Wildman–Crippen MR) is 80.1 cm³/mol. The molecule has 1 N–H and O–H groups in total. The molecule has 2 aliphatic carbocycles. The average molecular weight is 310 g/mol. The maximum absolute atomic E-state index is 11.5. The van der Waals surface area contributed by atoms with Gasteiger partial charge in [-0.1, -0.05) is 30.8 Å². The molecule has 1 aromatic heterocycles. The van der Waals surface area contributed by atoms with E-state index in [1.807, 2.05) is 11.8 Å². The molecular weight excluding hydrogens is 288 g/mol. The fourth-order valence-electron chi connectivity index (χ4n) is 3.48. The van der Waals surface area contributed by atoms with Crippen molar-refractivity contribution < 1.29 is 14.4 Å². The topological polar surface area (TPSA) is 76.2 Å². The van der Waals surface area contributed by atoms with Gasteiger partial charge in [0.2, 0.25) is 5.89 Å². The molecule has 3 rings (SSSR count). The number of hydrogen-bond acceptors (Lipinski definition) is 5. The van der Waals surface area contributed by atoms with Gasteiger partial charge < -0.3 is 9.63 Å². The van der Waals surface area contributed by atoms with Crippen molar-refractivity contribution in [2.75, 3.05) is 0 Å². The van der Waals surface area contributed by atoms with Crippen molar-refractivity contribution in [1.29, 1.82) is 0 Å². The molecule has 1 heterocycles. The second kappa shape index (κ2) is 6.38. The van der Waals surface area contributed by atoms with Crippen molar-refractivity contribution in [3.63, 3.8) is 0 Å². The van der Waals surface area contributed by atoms with E-state index in [0.29, 0.717) is 18.1 Å². The van der Waals surface area contributed by atoms with Gasteiger partial charge >= 0.3 is 5.97 Å². The van der Waals surface area contributed by atoms with Crippen LogP contribution in [0.15, 0.2) is 4.52 Å². The fourth-order valence-corrected chi connectivity index (χ4v) is 4.64. The Morgan fingerprint density at radius 3 is 2.67 bits per heavy atom. The summed E-state index contributed by atoms with van der Waals surface area (Å²) < 4.78 is 5.28. The van der Waals surface area contributed by atoms with Crippen LogP contribution in [0.25, 0.3) is 0 Å². The molecule has 1 aromatic rings. The van der Waals surface area contributed by atoms with Gasteiger partial charge in [0.25, 0.3) is 0 Å². The third-order valence-electron chi connectivity index (χ3n) is 4.76. The minimum atomic E-state index is -0.722. The zero-order valence-corrected chi connectivity index (χ0v) is 13.0. The van der Waals surface area contributed by atoms with Gasteiger partial charge in [-0.05, 0) is 25.7 Å². The molecule has 0 radical (unpaired) electrons. The Morgan fingerprint density at radius 2 is 2.00 bits per heavy atom. The Kier molecular flexibility index (Phi) is 4.52. The number of thioether (sulfide) groups is 1. The van der Waals surface area contributed by atoms with Crippen LogP contribution >= 0.6 is 11.8 Å². The van der Waals surface area contributed by atoms with E-state index in [1.165, 1.54) is 25.7 Å². The van der Waals surface area contributed by atoms with Crippen molar-refractivity contribution in [3.05, 3.63) is 11.7 Å². The van der Waals surface area contributed by atoms with E-state index in [0.717, 1.165) is 36.7 Å². The van der Waals surface area contributed by atoms with E-state index in [1.54, 1.807) is 0 Å². The lowest BCUT2D eigenvalue weighted by Crippen LogP contribution is -2.30. The number of nitrogens with zero attached hydrogens (tertiary/aromatic N) is 2. The van der Waals surface area contributed by atoms with Crippen molar-refractivity contribution in [2.45, 2.75) is 68.8 Å². The van der Waals surface area contributed by atoms with Gasteiger partial charge in [-0.15, -0.1) is 0 Å². The summed E-state index contributed by atoms with van der Waals surface area (Å²) in [5.74, 6) is 1.25. The maximum atomic E-state index is 11.5. The molecule has 0 unspecified atom stereocenters. The first kappa shape index (κ1) is 14.9. The van der Waals surface area contributed by atoms with Crippen molar-refractivity contribution in [3.8, 4) is 0 Å². The molecule has 0 saturated heterocycles. The number of rotatable bonds is 6. The van der Waals surface area contributed by atoms with E-state index >= 15 is 0 Å². The number of aliphatic carboxylic acids is 1. The molecule has 0 bridgehead atoms. The second-order valence-electron chi connectivity index (χ2n) is 6.29. The molecule has 2 saturated carbocycles. The van der Waals surface area contributed by atoms with Crippen LogP contribution < -0.4 is 0 Å². The van der Waals surface area contributed by atoms with Crippen LogP contribution in [0.2, 0.25) is 0 Å². The normalized spacial score (nSPS) is 21.9. The zero-order valence-electron chi connectivity index (χ0n) is 12.2. The van der Waals surface area contributed by atoms with Crippen LogP contribution in [0.4, 0.5) is 0 Å². The summed E-state index contributed by atoms with van der Waals surface area (Å²) in [6.45, 7) is 0. The third-order valence-corrected chi connectivity index (χ3v) is 6.13. The van der Waals surface area contributed by atoms with Gasteiger partial charge in [0.15, 0.2) is 5.82 Å². The Hall–Kier alpha value is -1.04. The smallest absolute Gasteiger partial charge is 0.310 e. The molecule has 2 fully saturated rings. The largest absolute Gasteiger partial charge is 0.481 e. The van der Waals surface area contributed by atoms with Crippen LogP contribution in [-0.4, -0.2) is 26.5 Å². The second-order valence-corrected chi connectivity index (χ2v) is 7.58. The Labute approximate surface area is 128 Å². The zero-order chi connectivity index (χ0) is 14.7. The highest BCUT2D eigenvalue weighted by Gasteiger charge is 2.42. The standard InChI is InChI=1S/C15H22N2O3S/c18-14(19)15(7-3-4-8-15)9-13-16-12(17-20-13)10-21-11-5-1-2-6-11/h11H,1-10H2,(H,18,19). The summed E-state index contributed by atoms with van der Waals surface area (Å²) in [6.07, 6.45) is 9.01. The van der Waals surface area contributed by atoms with Crippen molar-refractivity contribution in [2.24, 2.45) is 5.41 Å². The van der Waals surface area contributed by atoms with Gasteiger partial charge in [0.1, 0.15) is 0 Å². The highest BCUT2D eigenvalue weighted by atomic mass is 32.2. The maximum Gasteiger partial charge on any atom is 0.310 e. The summed E-state index contributed by atoms with van der Waals surface area (Å²) in [5.41, 5.74) is -0.678. The molecule has 5 nitrogen and oxygen atoms in total. The minimum absolute atomic E-state index is 0.378. The van der Waals surface area contributed by atoms with Crippen molar-refractivity contribution >= 4 is 17.7 Å². The summed E-state index contributed by atoms with van der Waals surface area (Å²) in [4.78, 5) is 15.9. The van der Waals surface area contributed by atoms with Crippen LogP contribution in [0.1, 0.15) is 63.1 Å². The number of carboxylic acid groups (broad SMARTS) is 1. The van der Waals surface area contributed by atoms with Crippen LogP contribution in [0, 0.1) is 5.41 Å². The quantitative estimate of drug-likeness (QED) is 0.867. The molecule has 6 heteroatoms. The van der Waals surface area contributed by atoms with E-state index < -0.39 is 11.4 Å². The van der Waals surface area contributed by atoms with Crippen LogP contribution in [-0.2, 0) is 17.0 Å². The van der Waals surface area contributed by atoms with E-state index in [-0.39, 0.29) is 0 Å². The lowest BCUT2D eigenvalue weighted by Gasteiger charge is -2.21. The molecule has 2 aliphatic rings. The molecule has 0 aliphatic heterocycles. The van der Waals surface area contributed by atoms with Gasteiger partial charge in [0, 0.05) is 11.7 Å². The number of carbonyl (C=O) groups is 1. The molecule has 0 atom stereocenters. The lowest BCUT2D eigenvalue weighted by molar-refractivity contribution is -0.148. The first-order chi connectivity index (χ1) is 10.2. The summed E-state index contributed by atoms with van der Waals surface area (Å²) in [6, 6.07) is 0. The van der Waals surface area contributed by atoms with Crippen molar-refractivity contribution in [1.82, 2.24) is 10.1 Å². The van der Waals surface area contributed by atoms with E-state index in [2.05, 4.69) is 10.1 Å². The summed E-state index contributed by atoms with van der Waals surface area (Å²) >= 11 is 1.90. The highest BCUT2D eigenvalue weighted by Crippen LogP contribution is 2.41. The SMILES string of the molecule is O=C(O)C1(Cc2nc(CSC3CCCC3)no2)CCCC1. The summed E-state index contributed by atoms with van der Waals surface area (Å²) in [5, 5.41) is 14.2. The molecular formula is C15H22N2O3S. The molecule has 0 amide bonds. The average Bonchev–Trinajstić information content (AvgIpc) is 3.19. The number of aromatic nitrogens is 2.